The van der Waals surface area contributed by atoms with Crippen molar-refractivity contribution in [1.29, 1.82) is 0 Å². The van der Waals surface area contributed by atoms with Crippen LogP contribution in [0.3, 0.4) is 0 Å². The molecule has 0 unspecified atom stereocenters. The van der Waals surface area contributed by atoms with Crippen molar-refractivity contribution in [3.05, 3.63) is 30.3 Å². The van der Waals surface area contributed by atoms with Gasteiger partial charge in [0.2, 0.25) is 5.91 Å². The molecule has 4 heterocycles. The highest BCUT2D eigenvalue weighted by Crippen LogP contribution is 2.29. The number of hydrogen-bond acceptors (Lipinski definition) is 8. The van der Waals surface area contributed by atoms with E-state index in [4.69, 9.17) is 13.9 Å². The summed E-state index contributed by atoms with van der Waals surface area (Å²) in [5.74, 6) is -1.12. The number of alkyl halides is 3. The summed E-state index contributed by atoms with van der Waals surface area (Å²) in [5, 5.41) is 2.78. The molecule has 2 fully saturated rings. The maximum absolute atomic E-state index is 12.8. The van der Waals surface area contributed by atoms with Crippen LogP contribution in [0.15, 0.2) is 28.9 Å². The Hall–Kier alpha value is -3.35. The van der Waals surface area contributed by atoms with E-state index < -0.39 is 54.4 Å². The fourth-order valence-electron chi connectivity index (χ4n) is 4.63. The van der Waals surface area contributed by atoms with Crippen LogP contribution < -0.4 is 5.32 Å². The second-order valence-corrected chi connectivity index (χ2v) is 10.6. The first-order valence-corrected chi connectivity index (χ1v) is 12.4. The lowest BCUT2D eigenvalue weighted by atomic mass is 9.99. The van der Waals surface area contributed by atoms with Gasteiger partial charge in [-0.3, -0.25) is 19.5 Å². The molecule has 4 rings (SSSR count). The van der Waals surface area contributed by atoms with E-state index >= 15 is 0 Å². The first-order valence-electron chi connectivity index (χ1n) is 12.4. The van der Waals surface area contributed by atoms with Gasteiger partial charge in [0.25, 0.3) is 0 Å². The van der Waals surface area contributed by atoms with Gasteiger partial charge in [0, 0.05) is 44.2 Å². The molecule has 2 aromatic rings. The zero-order valence-electron chi connectivity index (χ0n) is 21.4. The smallest absolute Gasteiger partial charge is 0.410 e. The fraction of sp³-hybridized carbons (Fsp3) is 0.600. The number of esters is 1. The number of aromatic nitrogens is 1. The Bertz CT molecular complexity index is 1140. The maximum atomic E-state index is 12.8. The predicted octanol–water partition coefficient (Wildman–Crippen LogP) is 2.90. The van der Waals surface area contributed by atoms with Crippen LogP contribution in [-0.2, 0) is 25.5 Å². The summed E-state index contributed by atoms with van der Waals surface area (Å²) in [5.41, 5.74) is -0.160. The zero-order chi connectivity index (χ0) is 27.7. The summed E-state index contributed by atoms with van der Waals surface area (Å²) in [6.45, 7) is 3.98. The third kappa shape index (κ3) is 7.15. The number of rotatable bonds is 6. The summed E-state index contributed by atoms with van der Waals surface area (Å²) in [7, 11) is 0. The summed E-state index contributed by atoms with van der Waals surface area (Å²) in [4.78, 5) is 44.9. The Labute approximate surface area is 217 Å². The molecule has 2 aromatic heterocycles. The fourth-order valence-corrected chi connectivity index (χ4v) is 4.63. The van der Waals surface area contributed by atoms with Crippen molar-refractivity contribution in [2.45, 2.75) is 57.5 Å². The highest BCUT2D eigenvalue weighted by Gasteiger charge is 2.41. The van der Waals surface area contributed by atoms with Gasteiger partial charge in [-0.15, -0.1) is 0 Å². The Morgan fingerprint density at radius 3 is 2.68 bits per heavy atom. The molecule has 38 heavy (non-hydrogen) atoms. The van der Waals surface area contributed by atoms with Crippen LogP contribution in [0, 0.1) is 5.92 Å². The van der Waals surface area contributed by atoms with Crippen LogP contribution in [0.25, 0.3) is 11.0 Å². The van der Waals surface area contributed by atoms with Crippen LogP contribution in [-0.4, -0.2) is 89.4 Å². The highest BCUT2D eigenvalue weighted by atomic mass is 19.4. The minimum Gasteiger partial charge on any atom is -0.461 e. The number of furan rings is 1. The normalized spacial score (nSPS) is 22.9. The molecule has 10 nitrogen and oxygen atoms in total. The number of pyridine rings is 1. The first kappa shape index (κ1) is 27.7. The number of nitrogens with zero attached hydrogens (tertiary/aromatic N) is 3. The average Bonchev–Trinajstić information content (AvgIpc) is 3.38. The second-order valence-electron chi connectivity index (χ2n) is 10.6. The van der Waals surface area contributed by atoms with Gasteiger partial charge >= 0.3 is 18.2 Å². The van der Waals surface area contributed by atoms with E-state index in [0.29, 0.717) is 24.2 Å². The molecule has 2 aliphatic rings. The Morgan fingerprint density at radius 1 is 1.24 bits per heavy atom. The van der Waals surface area contributed by atoms with E-state index in [-0.39, 0.29) is 26.2 Å². The van der Waals surface area contributed by atoms with Crippen molar-refractivity contribution in [3.8, 4) is 0 Å². The molecule has 0 aliphatic carbocycles. The molecule has 1 N–H and O–H groups in total. The highest BCUT2D eigenvalue weighted by molar-refractivity contribution is 5.83. The van der Waals surface area contributed by atoms with Crippen molar-refractivity contribution in [2.24, 2.45) is 5.92 Å². The number of hydrogen-bond donors (Lipinski definition) is 1. The Kier molecular flexibility index (Phi) is 7.86. The van der Waals surface area contributed by atoms with Crippen molar-refractivity contribution in [2.75, 3.05) is 32.7 Å². The van der Waals surface area contributed by atoms with E-state index in [1.54, 1.807) is 44.1 Å². The van der Waals surface area contributed by atoms with Gasteiger partial charge in [-0.05, 0) is 39.3 Å². The number of nitrogens with one attached hydrogen (secondary N) is 1. The number of amides is 2. The molecule has 13 heteroatoms. The largest absolute Gasteiger partial charge is 0.461 e. The van der Waals surface area contributed by atoms with Crippen LogP contribution in [0.1, 0.15) is 33.0 Å². The summed E-state index contributed by atoms with van der Waals surface area (Å²) < 4.78 is 54.9. The van der Waals surface area contributed by atoms with Gasteiger partial charge in [-0.2, -0.15) is 13.2 Å². The van der Waals surface area contributed by atoms with Crippen molar-refractivity contribution < 1.29 is 41.4 Å². The molecule has 0 radical (unpaired) electrons. The lowest BCUT2D eigenvalue weighted by Crippen LogP contribution is -2.62. The third-order valence-electron chi connectivity index (χ3n) is 6.33. The molecule has 0 bridgehead atoms. The molecule has 208 valence electrons. The van der Waals surface area contributed by atoms with Gasteiger partial charge in [0.15, 0.2) is 5.58 Å². The number of fused-ring (bicyclic) bond motifs is 1. The van der Waals surface area contributed by atoms with E-state index in [2.05, 4.69) is 4.98 Å². The van der Waals surface area contributed by atoms with E-state index in [0.717, 1.165) is 5.39 Å². The number of ether oxygens (including phenoxy) is 2. The lowest BCUT2D eigenvalue weighted by molar-refractivity contribution is -0.147. The maximum Gasteiger partial charge on any atom is 0.410 e. The number of carbonyl (C=O) groups is 3. The van der Waals surface area contributed by atoms with Gasteiger partial charge in [-0.1, -0.05) is 0 Å². The molecule has 2 saturated heterocycles. The van der Waals surface area contributed by atoms with Crippen molar-refractivity contribution >= 4 is 28.9 Å². The average molecular weight is 541 g/mol. The summed E-state index contributed by atoms with van der Waals surface area (Å²) in [6.07, 6.45) is -1.88. The van der Waals surface area contributed by atoms with E-state index in [9.17, 15) is 27.6 Å². The molecule has 3 atom stereocenters. The number of carbonyl (C=O) groups excluding carboxylic acids is 3. The van der Waals surface area contributed by atoms with Gasteiger partial charge in [-0.25, -0.2) is 4.79 Å². The Balaban J connectivity index is 1.41. The van der Waals surface area contributed by atoms with E-state index in [1.807, 2.05) is 11.4 Å². The van der Waals surface area contributed by atoms with Gasteiger partial charge in [0.05, 0.1) is 12.1 Å². The number of piperazine rings is 1. The van der Waals surface area contributed by atoms with Crippen molar-refractivity contribution in [1.82, 2.24) is 20.1 Å². The van der Waals surface area contributed by atoms with E-state index in [1.165, 1.54) is 4.90 Å². The van der Waals surface area contributed by atoms with Crippen molar-refractivity contribution in [3.63, 3.8) is 0 Å². The molecule has 2 amide bonds. The zero-order valence-corrected chi connectivity index (χ0v) is 21.4. The topological polar surface area (TPSA) is 114 Å². The Morgan fingerprint density at radius 2 is 2.00 bits per heavy atom. The molecular formula is C25H31F3N4O6. The monoisotopic (exact) mass is 540 g/mol. The molecule has 0 aromatic carbocycles. The quantitative estimate of drug-likeness (QED) is 0.557. The second kappa shape index (κ2) is 10.8. The molecule has 2 aliphatic heterocycles. The number of cyclic esters (lactones) is 1. The standard InChI is InChI=1S/C25H31F3N4O6/c1-24(2,3)38-23(35)32-7-6-31(19(13-32)21(33)30-14-25(26,27)28)12-18-10-16(22(34)37-18)9-17-8-15-4-5-29-11-20(15)36-17/h4-5,8,11,16,18-19H,6-7,9-10,12-14H2,1-3H3,(H,30,33)/t16-,18+,19+/m1/s1. The molecular weight excluding hydrogens is 509 g/mol. The van der Waals surface area contributed by atoms with Crippen LogP contribution in [0.2, 0.25) is 0 Å². The minimum absolute atomic E-state index is 0.137. The summed E-state index contributed by atoms with van der Waals surface area (Å²) >= 11 is 0. The van der Waals surface area contributed by atoms with Gasteiger partial charge in [0.1, 0.15) is 30.1 Å². The number of halogens is 3. The minimum atomic E-state index is -4.58. The predicted molar refractivity (Wildman–Crippen MR) is 128 cm³/mol. The SMILES string of the molecule is CC(C)(C)OC(=O)N1CCN(C[C@@H]2C[C@@H](Cc3cc4ccncc4o3)C(=O)O2)[C@H](C(=O)NCC(F)(F)F)C1. The molecule has 0 saturated carbocycles. The first-order chi connectivity index (χ1) is 17.8. The molecule has 0 spiro atoms. The van der Waals surface area contributed by atoms with Crippen LogP contribution >= 0.6 is 0 Å². The summed E-state index contributed by atoms with van der Waals surface area (Å²) in [6, 6.07) is 2.58. The van der Waals surface area contributed by atoms with Gasteiger partial charge < -0.3 is 24.1 Å². The lowest BCUT2D eigenvalue weighted by Gasteiger charge is -2.41. The van der Waals surface area contributed by atoms with Crippen LogP contribution in [0.4, 0.5) is 18.0 Å². The van der Waals surface area contributed by atoms with Crippen LogP contribution in [0.5, 0.6) is 0 Å². The third-order valence-corrected chi connectivity index (χ3v) is 6.33.